The van der Waals surface area contributed by atoms with Gasteiger partial charge in [0.05, 0.1) is 4.47 Å². The zero-order valence-electron chi connectivity index (χ0n) is 7.45. The van der Waals surface area contributed by atoms with Crippen LogP contribution < -0.4 is 9.88 Å². The van der Waals surface area contributed by atoms with E-state index in [0.717, 1.165) is 12.1 Å². The zero-order chi connectivity index (χ0) is 12.5. The predicted octanol–water partition coefficient (Wildman–Crippen LogP) is 1.84. The SMILES string of the molecule is NS(=O)(=O)c1ccc(Br)c(F)c1OC(F)F. The van der Waals surface area contributed by atoms with Crippen molar-refractivity contribution in [3.05, 3.63) is 22.4 Å². The fourth-order valence-electron chi connectivity index (χ4n) is 0.937. The second kappa shape index (κ2) is 4.60. The number of benzene rings is 1. The van der Waals surface area contributed by atoms with E-state index in [1.165, 1.54) is 0 Å². The second-order valence-corrected chi connectivity index (χ2v) is 5.00. The molecule has 0 saturated carbocycles. The maximum atomic E-state index is 13.3. The molecule has 0 spiro atoms. The van der Waals surface area contributed by atoms with E-state index < -0.39 is 33.1 Å². The largest absolute Gasteiger partial charge is 0.430 e. The monoisotopic (exact) mass is 319 g/mol. The summed E-state index contributed by atoms with van der Waals surface area (Å²) in [4.78, 5) is -0.839. The first-order valence-electron chi connectivity index (χ1n) is 3.69. The van der Waals surface area contributed by atoms with Crippen molar-refractivity contribution in [2.24, 2.45) is 5.14 Å². The average molecular weight is 320 g/mol. The summed E-state index contributed by atoms with van der Waals surface area (Å²) >= 11 is 2.70. The van der Waals surface area contributed by atoms with Gasteiger partial charge in [-0.1, -0.05) is 0 Å². The smallest absolute Gasteiger partial charge is 0.387 e. The van der Waals surface area contributed by atoms with E-state index in [2.05, 4.69) is 20.7 Å². The van der Waals surface area contributed by atoms with Crippen LogP contribution >= 0.6 is 15.9 Å². The molecule has 0 aliphatic rings. The lowest BCUT2D eigenvalue weighted by Gasteiger charge is -2.10. The number of primary sulfonamides is 1. The number of nitrogens with two attached hydrogens (primary N) is 1. The van der Waals surface area contributed by atoms with E-state index >= 15 is 0 Å². The van der Waals surface area contributed by atoms with Gasteiger partial charge in [0.25, 0.3) is 0 Å². The van der Waals surface area contributed by atoms with Gasteiger partial charge < -0.3 is 4.74 Å². The van der Waals surface area contributed by atoms with E-state index in [9.17, 15) is 21.6 Å². The molecule has 0 atom stereocenters. The molecule has 0 aliphatic carbocycles. The normalized spacial score (nSPS) is 11.9. The molecule has 1 aromatic carbocycles. The van der Waals surface area contributed by atoms with E-state index in [0.29, 0.717) is 0 Å². The second-order valence-electron chi connectivity index (χ2n) is 2.61. The van der Waals surface area contributed by atoms with Crippen LogP contribution in [0.2, 0.25) is 0 Å². The molecule has 16 heavy (non-hydrogen) atoms. The molecule has 90 valence electrons. The maximum Gasteiger partial charge on any atom is 0.387 e. The van der Waals surface area contributed by atoms with Crippen LogP contribution in [0.1, 0.15) is 0 Å². The van der Waals surface area contributed by atoms with Crippen molar-refractivity contribution in [3.8, 4) is 5.75 Å². The number of alkyl halides is 2. The Labute approximate surface area is 97.4 Å². The Morgan fingerprint density at radius 3 is 2.38 bits per heavy atom. The summed E-state index contributed by atoms with van der Waals surface area (Å²) in [5.41, 5.74) is 0. The first-order chi connectivity index (χ1) is 7.23. The van der Waals surface area contributed by atoms with E-state index in [1.54, 1.807) is 0 Å². The zero-order valence-corrected chi connectivity index (χ0v) is 9.86. The summed E-state index contributed by atoms with van der Waals surface area (Å²) in [5.74, 6) is -2.36. The molecular weight excluding hydrogens is 315 g/mol. The van der Waals surface area contributed by atoms with Gasteiger partial charge in [-0.3, -0.25) is 0 Å². The van der Waals surface area contributed by atoms with Gasteiger partial charge in [-0.25, -0.2) is 17.9 Å². The first-order valence-corrected chi connectivity index (χ1v) is 6.03. The van der Waals surface area contributed by atoms with Gasteiger partial charge in [0.1, 0.15) is 4.90 Å². The van der Waals surface area contributed by atoms with Crippen LogP contribution in [0.25, 0.3) is 0 Å². The lowest BCUT2D eigenvalue weighted by molar-refractivity contribution is -0.0542. The molecule has 0 amide bonds. The highest BCUT2D eigenvalue weighted by Crippen LogP contribution is 2.32. The molecule has 0 aliphatic heterocycles. The van der Waals surface area contributed by atoms with E-state index in [-0.39, 0.29) is 4.47 Å². The van der Waals surface area contributed by atoms with Crippen molar-refractivity contribution in [2.45, 2.75) is 11.5 Å². The molecule has 1 rings (SSSR count). The summed E-state index contributed by atoms with van der Waals surface area (Å²) in [6, 6.07) is 1.88. The Hall–Kier alpha value is -0.800. The van der Waals surface area contributed by atoms with Gasteiger partial charge in [0, 0.05) is 0 Å². The van der Waals surface area contributed by atoms with Gasteiger partial charge in [-0.2, -0.15) is 8.78 Å². The van der Waals surface area contributed by atoms with Crippen molar-refractivity contribution in [2.75, 3.05) is 0 Å². The predicted molar refractivity (Wildman–Crippen MR) is 52.1 cm³/mol. The minimum atomic E-state index is -4.34. The average Bonchev–Trinajstić information content (AvgIpc) is 2.10. The molecule has 0 unspecified atom stereocenters. The number of halogens is 4. The minimum absolute atomic E-state index is 0.212. The molecule has 0 bridgehead atoms. The summed E-state index contributed by atoms with van der Waals surface area (Å²) in [6.45, 7) is -3.36. The topological polar surface area (TPSA) is 69.4 Å². The Bertz CT molecular complexity index is 506. The summed E-state index contributed by atoms with van der Waals surface area (Å²) in [6.07, 6.45) is 0. The Kier molecular flexibility index (Phi) is 3.81. The van der Waals surface area contributed by atoms with Gasteiger partial charge in [0.2, 0.25) is 10.0 Å². The molecule has 0 aromatic heterocycles. The lowest BCUT2D eigenvalue weighted by Crippen LogP contribution is -2.16. The van der Waals surface area contributed by atoms with Gasteiger partial charge >= 0.3 is 6.61 Å². The molecule has 9 heteroatoms. The standard InChI is InChI=1S/C7H5BrF3NO3S/c8-3-1-2-4(16(12,13)14)6(5(3)9)15-7(10)11/h1-2,7H,(H2,12,13,14). The number of rotatable bonds is 3. The van der Waals surface area contributed by atoms with Crippen molar-refractivity contribution < 1.29 is 26.3 Å². The maximum absolute atomic E-state index is 13.3. The summed E-state index contributed by atoms with van der Waals surface area (Å²) < 4.78 is 62.8. The fourth-order valence-corrected chi connectivity index (χ4v) is 1.90. The van der Waals surface area contributed by atoms with Crippen molar-refractivity contribution in [1.82, 2.24) is 0 Å². The Morgan fingerprint density at radius 1 is 1.38 bits per heavy atom. The van der Waals surface area contributed by atoms with Crippen molar-refractivity contribution in [3.63, 3.8) is 0 Å². The summed E-state index contributed by atoms with van der Waals surface area (Å²) in [5, 5.41) is 4.72. The van der Waals surface area contributed by atoms with Crippen LogP contribution in [0.3, 0.4) is 0 Å². The van der Waals surface area contributed by atoms with Crippen LogP contribution in [0.4, 0.5) is 13.2 Å². The molecule has 0 heterocycles. The number of sulfonamides is 1. The molecule has 0 fully saturated rings. The van der Waals surface area contributed by atoms with Gasteiger partial charge in [-0.05, 0) is 28.1 Å². The van der Waals surface area contributed by atoms with Gasteiger partial charge in [-0.15, -0.1) is 0 Å². The molecular formula is C7H5BrF3NO3S. The minimum Gasteiger partial charge on any atom is -0.430 e. The van der Waals surface area contributed by atoms with Crippen molar-refractivity contribution in [1.29, 1.82) is 0 Å². The third kappa shape index (κ3) is 2.86. The van der Waals surface area contributed by atoms with E-state index in [1.807, 2.05) is 0 Å². The first kappa shape index (κ1) is 13.3. The highest BCUT2D eigenvalue weighted by atomic mass is 79.9. The molecule has 0 saturated heterocycles. The number of hydrogen-bond donors (Lipinski definition) is 1. The van der Waals surface area contributed by atoms with Crippen LogP contribution in [0, 0.1) is 5.82 Å². The highest BCUT2D eigenvalue weighted by Gasteiger charge is 2.23. The lowest BCUT2D eigenvalue weighted by atomic mass is 10.3. The quantitative estimate of drug-likeness (QED) is 0.924. The molecule has 0 radical (unpaired) electrons. The number of ether oxygens (including phenoxy) is 1. The third-order valence-electron chi connectivity index (χ3n) is 1.53. The van der Waals surface area contributed by atoms with Crippen LogP contribution in [0.5, 0.6) is 5.75 Å². The van der Waals surface area contributed by atoms with Gasteiger partial charge in [0.15, 0.2) is 11.6 Å². The molecule has 2 N–H and O–H groups in total. The summed E-state index contributed by atoms with van der Waals surface area (Å²) in [7, 11) is -4.34. The van der Waals surface area contributed by atoms with Crippen LogP contribution in [-0.2, 0) is 10.0 Å². The van der Waals surface area contributed by atoms with E-state index in [4.69, 9.17) is 5.14 Å². The number of hydrogen-bond acceptors (Lipinski definition) is 3. The Balaban J connectivity index is 3.45. The van der Waals surface area contributed by atoms with Crippen LogP contribution in [0.15, 0.2) is 21.5 Å². The van der Waals surface area contributed by atoms with Crippen LogP contribution in [-0.4, -0.2) is 15.0 Å². The van der Waals surface area contributed by atoms with Crippen molar-refractivity contribution >= 4 is 26.0 Å². The Morgan fingerprint density at radius 2 is 1.94 bits per heavy atom. The molecule has 4 nitrogen and oxygen atoms in total. The third-order valence-corrected chi connectivity index (χ3v) is 3.07. The fraction of sp³-hybridized carbons (Fsp3) is 0.143. The highest BCUT2D eigenvalue weighted by molar-refractivity contribution is 9.10. The molecule has 1 aromatic rings.